The van der Waals surface area contributed by atoms with Gasteiger partial charge in [-0.1, -0.05) is 0 Å². The van der Waals surface area contributed by atoms with E-state index in [1.807, 2.05) is 24.3 Å². The predicted molar refractivity (Wildman–Crippen MR) is 203 cm³/mol. The number of allylic oxidation sites excluding steroid dienone is 4. The van der Waals surface area contributed by atoms with Crippen molar-refractivity contribution in [2.45, 2.75) is 78.1 Å². The summed E-state index contributed by atoms with van der Waals surface area (Å²) in [6, 6.07) is 29.1. The minimum absolute atomic E-state index is 0. The maximum atomic E-state index is 6.86. The van der Waals surface area contributed by atoms with Crippen LogP contribution in [0.5, 0.6) is 0 Å². The molecule has 0 heterocycles. The number of rotatable bonds is 6. The van der Waals surface area contributed by atoms with Crippen molar-refractivity contribution in [2.75, 3.05) is 0 Å². The van der Waals surface area contributed by atoms with Gasteiger partial charge in [0, 0.05) is 0 Å². The first-order chi connectivity index (χ1) is 20.9. The van der Waals surface area contributed by atoms with Crippen molar-refractivity contribution in [2.24, 2.45) is 0 Å². The second kappa shape index (κ2) is 14.8. The van der Waals surface area contributed by atoms with Gasteiger partial charge in [0.25, 0.3) is 0 Å². The largest absolute Gasteiger partial charge is 0.147 e. The molecule has 4 aromatic carbocycles. The first-order valence-corrected chi connectivity index (χ1v) is 20.2. The topological polar surface area (TPSA) is 0 Å². The fourth-order valence-corrected chi connectivity index (χ4v) is 15.2. The van der Waals surface area contributed by atoms with Crippen LogP contribution in [0.3, 0.4) is 0 Å². The molecule has 0 radical (unpaired) electrons. The molecule has 0 saturated heterocycles. The van der Waals surface area contributed by atoms with Gasteiger partial charge < -0.3 is 0 Å². The van der Waals surface area contributed by atoms with Gasteiger partial charge in [0.15, 0.2) is 0 Å². The Bertz CT molecular complexity index is 1800. The average Bonchev–Trinajstić information content (AvgIpc) is 3.62. The quantitative estimate of drug-likeness (QED) is 0.161. The number of fused-ring (bicyclic) bond motifs is 3. The van der Waals surface area contributed by atoms with Crippen LogP contribution in [0.15, 0.2) is 100 Å². The molecule has 0 nitrogen and oxygen atoms in total. The maximum absolute atomic E-state index is 6.86. The third-order valence-electron chi connectivity index (χ3n) is 9.19. The summed E-state index contributed by atoms with van der Waals surface area (Å²) in [6.07, 6.45) is 10.9. The van der Waals surface area contributed by atoms with Gasteiger partial charge in [0.2, 0.25) is 0 Å². The van der Waals surface area contributed by atoms with Crippen molar-refractivity contribution in [3.8, 4) is 11.1 Å². The van der Waals surface area contributed by atoms with Gasteiger partial charge >= 0.3 is 284 Å². The van der Waals surface area contributed by atoms with E-state index < -0.39 is 21.3 Å². The van der Waals surface area contributed by atoms with Gasteiger partial charge in [-0.05, 0) is 0 Å². The SMILES string of the molecule is CC(C)(C)c1ccc2c(c1)-c1cc(C(C)(C)C)c[c]([Zr]([C]3=CC=CC3)=[C](Cc3ccccc3Cl)Cc3ccccc3Cl)c1C2.Cl.Cl. The third kappa shape index (κ3) is 7.77. The standard InChI is InChI=1S/C21H25.C15H12Cl2.C5H5.2ClH.Zr/c1-20(2,3)16-9-7-14-11-15-8-10-17(21(4,5)6)13-19(15)18(14)12-16;16-14-10-3-1-6-12(14)8-5-9-13-7-2-4-11-15(13)17;1-2-4-5-3-1;;;/h7,9-10,12-13H,11H2,1-6H3;1-4,6-7,10-11H,8-9H2;1-3H,4H2;2*1H;. The first kappa shape index (κ1) is 37.1. The predicted octanol–water partition coefficient (Wildman–Crippen LogP) is 11.7. The van der Waals surface area contributed by atoms with Crippen LogP contribution in [0, 0.1) is 0 Å². The van der Waals surface area contributed by atoms with Crippen LogP contribution in [0.4, 0.5) is 0 Å². The zero-order valence-corrected chi connectivity index (χ0v) is 33.2. The molecule has 0 fully saturated rings. The zero-order chi connectivity index (χ0) is 31.2. The number of halogens is 4. The molecule has 46 heavy (non-hydrogen) atoms. The van der Waals surface area contributed by atoms with Gasteiger partial charge in [0.1, 0.15) is 0 Å². The van der Waals surface area contributed by atoms with E-state index in [1.165, 1.54) is 38.9 Å². The van der Waals surface area contributed by atoms with Crippen LogP contribution in [0.25, 0.3) is 11.1 Å². The Labute approximate surface area is 306 Å². The van der Waals surface area contributed by atoms with Crippen LogP contribution in [-0.4, -0.2) is 3.21 Å². The van der Waals surface area contributed by atoms with Crippen LogP contribution in [0.2, 0.25) is 10.0 Å². The van der Waals surface area contributed by atoms with Gasteiger partial charge in [-0.3, -0.25) is 0 Å². The Morgan fingerprint density at radius 2 is 1.26 bits per heavy atom. The molecule has 0 amide bonds. The number of hydrogen-bond acceptors (Lipinski definition) is 0. The van der Waals surface area contributed by atoms with Crippen LogP contribution < -0.4 is 3.27 Å². The summed E-state index contributed by atoms with van der Waals surface area (Å²) in [7, 11) is 0. The van der Waals surface area contributed by atoms with Gasteiger partial charge in [-0.2, -0.15) is 0 Å². The summed E-state index contributed by atoms with van der Waals surface area (Å²) in [5, 5.41) is 1.70. The fraction of sp³-hybridized carbons (Fsp3) is 0.293. The van der Waals surface area contributed by atoms with E-state index in [2.05, 4.69) is 114 Å². The van der Waals surface area contributed by atoms with Gasteiger partial charge in [0.05, 0.1) is 0 Å². The van der Waals surface area contributed by atoms with E-state index in [0.29, 0.717) is 0 Å². The maximum Gasteiger partial charge on any atom is -0.147 e. The Hall–Kier alpha value is -1.73. The molecule has 0 bridgehead atoms. The summed E-state index contributed by atoms with van der Waals surface area (Å²) in [5.41, 5.74) is 11.3. The number of benzene rings is 4. The van der Waals surface area contributed by atoms with E-state index in [9.17, 15) is 0 Å². The molecule has 0 N–H and O–H groups in total. The Balaban J connectivity index is 0.00000240. The van der Waals surface area contributed by atoms with Crippen LogP contribution in [0.1, 0.15) is 81.3 Å². The van der Waals surface area contributed by atoms with Crippen molar-refractivity contribution >= 4 is 54.5 Å². The molecule has 0 saturated carbocycles. The number of hydrogen-bond donors (Lipinski definition) is 0. The van der Waals surface area contributed by atoms with Crippen molar-refractivity contribution in [3.63, 3.8) is 0 Å². The molecule has 5 heteroatoms. The fourth-order valence-electron chi connectivity index (χ4n) is 6.60. The molecule has 0 spiro atoms. The molecule has 0 unspecified atom stereocenters. The zero-order valence-electron chi connectivity index (χ0n) is 27.6. The van der Waals surface area contributed by atoms with E-state index in [1.54, 1.807) is 15.3 Å². The normalized spacial score (nSPS) is 13.3. The molecular weight excluding hydrogens is 725 g/mol. The van der Waals surface area contributed by atoms with Gasteiger partial charge in [-0.15, -0.1) is 24.8 Å². The van der Waals surface area contributed by atoms with E-state index in [-0.39, 0.29) is 35.6 Å². The molecule has 2 aliphatic carbocycles. The Morgan fingerprint density at radius 1 is 0.696 bits per heavy atom. The van der Waals surface area contributed by atoms with Crippen LogP contribution in [-0.2, 0) is 51.4 Å². The molecule has 0 aliphatic heterocycles. The summed E-state index contributed by atoms with van der Waals surface area (Å²) < 4.78 is 4.90. The summed E-state index contributed by atoms with van der Waals surface area (Å²) in [5.74, 6) is 0. The van der Waals surface area contributed by atoms with Crippen molar-refractivity contribution in [1.29, 1.82) is 0 Å². The van der Waals surface area contributed by atoms with Crippen molar-refractivity contribution in [3.05, 3.63) is 144 Å². The second-order valence-electron chi connectivity index (χ2n) is 14.4. The Kier molecular flexibility index (Phi) is 11.9. The summed E-state index contributed by atoms with van der Waals surface area (Å²) >= 11 is 11.0. The molecule has 0 atom stereocenters. The summed E-state index contributed by atoms with van der Waals surface area (Å²) in [4.78, 5) is 0. The van der Waals surface area contributed by atoms with Crippen LogP contribution >= 0.6 is 48.0 Å². The molecule has 2 aliphatic rings. The molecule has 240 valence electrons. The minimum Gasteiger partial charge on any atom is -0.147 e. The van der Waals surface area contributed by atoms with Gasteiger partial charge in [-0.25, -0.2) is 0 Å². The van der Waals surface area contributed by atoms with Crippen molar-refractivity contribution < 1.29 is 21.3 Å². The molecular formula is C41H44Cl4Zr. The molecule has 6 rings (SSSR count). The van der Waals surface area contributed by atoms with E-state index >= 15 is 0 Å². The first-order valence-electron chi connectivity index (χ1n) is 15.8. The third-order valence-corrected chi connectivity index (χ3v) is 17.4. The Morgan fingerprint density at radius 3 is 1.78 bits per heavy atom. The monoisotopic (exact) mass is 766 g/mol. The molecule has 0 aromatic heterocycles. The minimum atomic E-state index is -2.70. The second-order valence-corrected chi connectivity index (χ2v) is 21.7. The smallest absolute Gasteiger partial charge is 0.147 e. The van der Waals surface area contributed by atoms with Crippen molar-refractivity contribution in [1.82, 2.24) is 0 Å². The molecule has 4 aromatic rings. The summed E-state index contributed by atoms with van der Waals surface area (Å²) in [6.45, 7) is 14.0. The van der Waals surface area contributed by atoms with E-state index in [0.717, 1.165) is 35.7 Å². The average molecular weight is 770 g/mol. The van der Waals surface area contributed by atoms with E-state index in [4.69, 9.17) is 23.2 Å².